The first-order valence-electron chi connectivity index (χ1n) is 7.45. The standard InChI is InChI=1S/C15H17ClN2O6/c1-9(14(19)17-7-3-2-4-11(17)15(20)21)24-13-6-5-10(16)8-12(13)18(22)23/h5-6,8-9,11H,2-4,7H2,1H3,(H,20,21). The molecule has 2 atom stereocenters. The average molecular weight is 357 g/mol. The Kier molecular flexibility index (Phi) is 5.61. The molecule has 9 heteroatoms. The minimum absolute atomic E-state index is 0.0888. The Balaban J connectivity index is 2.17. The van der Waals surface area contributed by atoms with Crippen molar-refractivity contribution in [2.24, 2.45) is 0 Å². The fraction of sp³-hybridized carbons (Fsp3) is 0.467. The Morgan fingerprint density at radius 3 is 2.79 bits per heavy atom. The highest BCUT2D eigenvalue weighted by Crippen LogP contribution is 2.31. The number of carbonyl (C=O) groups excluding carboxylic acids is 1. The molecule has 1 aliphatic heterocycles. The zero-order chi connectivity index (χ0) is 17.9. The summed E-state index contributed by atoms with van der Waals surface area (Å²) in [7, 11) is 0. The van der Waals surface area contributed by atoms with E-state index in [-0.39, 0.29) is 16.5 Å². The molecule has 0 spiro atoms. The van der Waals surface area contributed by atoms with Gasteiger partial charge in [0.05, 0.1) is 4.92 Å². The summed E-state index contributed by atoms with van der Waals surface area (Å²) in [5.41, 5.74) is -0.351. The van der Waals surface area contributed by atoms with Crippen LogP contribution in [0.2, 0.25) is 5.02 Å². The first kappa shape index (κ1) is 18.0. The Morgan fingerprint density at radius 1 is 1.46 bits per heavy atom. The lowest BCUT2D eigenvalue weighted by atomic mass is 10.0. The third-order valence-corrected chi connectivity index (χ3v) is 4.08. The summed E-state index contributed by atoms with van der Waals surface area (Å²) in [5.74, 6) is -1.66. The molecule has 1 saturated heterocycles. The first-order chi connectivity index (χ1) is 11.3. The van der Waals surface area contributed by atoms with Crippen molar-refractivity contribution in [1.29, 1.82) is 0 Å². The van der Waals surface area contributed by atoms with Crippen LogP contribution in [0, 0.1) is 10.1 Å². The van der Waals surface area contributed by atoms with Gasteiger partial charge in [-0.2, -0.15) is 0 Å². The van der Waals surface area contributed by atoms with E-state index in [1.165, 1.54) is 24.0 Å². The van der Waals surface area contributed by atoms with Gasteiger partial charge >= 0.3 is 11.7 Å². The summed E-state index contributed by atoms with van der Waals surface area (Å²) >= 11 is 5.74. The number of carboxylic acids is 1. The third-order valence-electron chi connectivity index (χ3n) is 3.84. The normalized spacial score (nSPS) is 18.8. The number of hydrogen-bond acceptors (Lipinski definition) is 5. The molecule has 0 saturated carbocycles. The van der Waals surface area contributed by atoms with E-state index >= 15 is 0 Å². The first-order valence-corrected chi connectivity index (χ1v) is 7.83. The van der Waals surface area contributed by atoms with Crippen molar-refractivity contribution < 1.29 is 24.4 Å². The molecule has 1 fully saturated rings. The van der Waals surface area contributed by atoms with Gasteiger partial charge in [-0.1, -0.05) is 11.6 Å². The Bertz CT molecular complexity index is 665. The molecule has 2 unspecified atom stereocenters. The van der Waals surface area contributed by atoms with Crippen molar-refractivity contribution in [3.63, 3.8) is 0 Å². The van der Waals surface area contributed by atoms with Crippen molar-refractivity contribution in [2.75, 3.05) is 6.54 Å². The molecule has 130 valence electrons. The average Bonchev–Trinajstić information content (AvgIpc) is 2.55. The molecule has 0 radical (unpaired) electrons. The molecule has 2 rings (SSSR count). The number of hydrogen-bond donors (Lipinski definition) is 1. The van der Waals surface area contributed by atoms with E-state index in [1.54, 1.807) is 0 Å². The van der Waals surface area contributed by atoms with Gasteiger partial charge in [-0.3, -0.25) is 14.9 Å². The largest absolute Gasteiger partial charge is 0.480 e. The highest BCUT2D eigenvalue weighted by Gasteiger charge is 2.35. The number of likely N-dealkylation sites (tertiary alicyclic amines) is 1. The topological polar surface area (TPSA) is 110 Å². The van der Waals surface area contributed by atoms with Gasteiger partial charge in [-0.15, -0.1) is 0 Å². The van der Waals surface area contributed by atoms with Crippen molar-refractivity contribution in [2.45, 2.75) is 38.3 Å². The highest BCUT2D eigenvalue weighted by molar-refractivity contribution is 6.30. The lowest BCUT2D eigenvalue weighted by molar-refractivity contribution is -0.386. The maximum absolute atomic E-state index is 12.5. The summed E-state index contributed by atoms with van der Waals surface area (Å²) < 4.78 is 5.42. The van der Waals surface area contributed by atoms with Crippen LogP contribution in [0.25, 0.3) is 0 Å². The number of nitro groups is 1. The number of nitro benzene ring substituents is 1. The zero-order valence-electron chi connectivity index (χ0n) is 13.0. The van der Waals surface area contributed by atoms with Gasteiger partial charge in [0.25, 0.3) is 5.91 Å². The maximum Gasteiger partial charge on any atom is 0.326 e. The molecule has 1 amide bonds. The molecule has 0 bridgehead atoms. The number of benzene rings is 1. The fourth-order valence-electron chi connectivity index (χ4n) is 2.66. The molecule has 1 N–H and O–H groups in total. The van der Waals surface area contributed by atoms with Crippen LogP contribution in [-0.4, -0.2) is 45.5 Å². The van der Waals surface area contributed by atoms with Gasteiger partial charge in [0, 0.05) is 17.6 Å². The predicted octanol–water partition coefficient (Wildman–Crippen LogP) is 2.48. The Hall–Kier alpha value is -2.35. The lowest BCUT2D eigenvalue weighted by Gasteiger charge is -2.34. The molecule has 0 aliphatic carbocycles. The van der Waals surface area contributed by atoms with Gasteiger partial charge in [0.2, 0.25) is 0 Å². The second-order valence-corrected chi connectivity index (χ2v) is 5.95. The SMILES string of the molecule is CC(Oc1ccc(Cl)cc1[N+](=O)[O-])C(=O)N1CCCCC1C(=O)O. The smallest absolute Gasteiger partial charge is 0.326 e. The number of carbonyl (C=O) groups is 2. The van der Waals surface area contributed by atoms with E-state index < -0.39 is 28.9 Å². The van der Waals surface area contributed by atoms with Crippen LogP contribution in [0.15, 0.2) is 18.2 Å². The van der Waals surface area contributed by atoms with Crippen LogP contribution in [-0.2, 0) is 9.59 Å². The molecular weight excluding hydrogens is 340 g/mol. The van der Waals surface area contributed by atoms with Crippen molar-refractivity contribution in [3.8, 4) is 5.75 Å². The number of carboxylic acid groups (broad SMARTS) is 1. The van der Waals surface area contributed by atoms with E-state index in [0.717, 1.165) is 12.5 Å². The number of rotatable bonds is 5. The molecule has 1 aromatic rings. The lowest BCUT2D eigenvalue weighted by Crippen LogP contribution is -2.52. The van der Waals surface area contributed by atoms with Gasteiger partial charge in [0.15, 0.2) is 11.9 Å². The molecule has 8 nitrogen and oxygen atoms in total. The fourth-order valence-corrected chi connectivity index (χ4v) is 2.83. The number of amides is 1. The second kappa shape index (κ2) is 7.48. The molecule has 1 aromatic carbocycles. The van der Waals surface area contributed by atoms with Gasteiger partial charge < -0.3 is 14.7 Å². The minimum atomic E-state index is -1.06. The van der Waals surface area contributed by atoms with Crippen molar-refractivity contribution in [1.82, 2.24) is 4.90 Å². The summed E-state index contributed by atoms with van der Waals surface area (Å²) in [4.78, 5) is 35.5. The number of nitrogens with zero attached hydrogens (tertiary/aromatic N) is 2. The van der Waals surface area contributed by atoms with Crippen LogP contribution in [0.3, 0.4) is 0 Å². The summed E-state index contributed by atoms with van der Waals surface area (Å²) in [6.07, 6.45) is 0.779. The van der Waals surface area contributed by atoms with E-state index in [2.05, 4.69) is 0 Å². The van der Waals surface area contributed by atoms with Crippen LogP contribution in [0.4, 0.5) is 5.69 Å². The third kappa shape index (κ3) is 3.94. The van der Waals surface area contributed by atoms with E-state index in [9.17, 15) is 24.8 Å². The number of halogens is 1. The Labute approximate surface area is 143 Å². The molecule has 24 heavy (non-hydrogen) atoms. The monoisotopic (exact) mass is 356 g/mol. The highest BCUT2D eigenvalue weighted by atomic mass is 35.5. The zero-order valence-corrected chi connectivity index (χ0v) is 13.7. The van der Waals surface area contributed by atoms with E-state index in [0.29, 0.717) is 19.4 Å². The van der Waals surface area contributed by atoms with Crippen LogP contribution in [0.1, 0.15) is 26.2 Å². The predicted molar refractivity (Wildman–Crippen MR) is 85.2 cm³/mol. The molecular formula is C15H17ClN2O6. The van der Waals surface area contributed by atoms with Crippen LogP contribution < -0.4 is 4.74 Å². The number of piperidine rings is 1. The summed E-state index contributed by atoms with van der Waals surface area (Å²) in [6.45, 7) is 1.76. The summed E-state index contributed by atoms with van der Waals surface area (Å²) in [6, 6.07) is 2.98. The maximum atomic E-state index is 12.5. The molecule has 1 heterocycles. The number of aliphatic carboxylic acids is 1. The molecule has 1 aliphatic rings. The minimum Gasteiger partial charge on any atom is -0.480 e. The van der Waals surface area contributed by atoms with Gasteiger partial charge in [0.1, 0.15) is 6.04 Å². The van der Waals surface area contributed by atoms with Crippen LogP contribution in [0.5, 0.6) is 5.75 Å². The van der Waals surface area contributed by atoms with Crippen molar-refractivity contribution in [3.05, 3.63) is 33.3 Å². The Morgan fingerprint density at radius 2 is 2.17 bits per heavy atom. The van der Waals surface area contributed by atoms with Crippen molar-refractivity contribution >= 4 is 29.2 Å². The van der Waals surface area contributed by atoms with Gasteiger partial charge in [-0.25, -0.2) is 4.79 Å². The van der Waals surface area contributed by atoms with Gasteiger partial charge in [-0.05, 0) is 38.3 Å². The van der Waals surface area contributed by atoms with E-state index in [4.69, 9.17) is 16.3 Å². The van der Waals surface area contributed by atoms with Crippen LogP contribution >= 0.6 is 11.6 Å². The number of ether oxygens (including phenoxy) is 1. The van der Waals surface area contributed by atoms with E-state index in [1.807, 2.05) is 0 Å². The molecule has 0 aromatic heterocycles. The quantitative estimate of drug-likeness (QED) is 0.641. The summed E-state index contributed by atoms with van der Waals surface area (Å²) in [5, 5.41) is 20.5. The second-order valence-electron chi connectivity index (χ2n) is 5.51.